The second-order valence-corrected chi connectivity index (χ2v) is 7.43. The molecular weight excluding hydrogens is 335 g/mol. The van der Waals surface area contributed by atoms with Crippen molar-refractivity contribution in [1.82, 2.24) is 4.31 Å². The lowest BCUT2D eigenvalue weighted by Crippen LogP contribution is -2.41. The summed E-state index contributed by atoms with van der Waals surface area (Å²) >= 11 is 0. The van der Waals surface area contributed by atoms with Gasteiger partial charge in [-0.25, -0.2) is 21.6 Å². The second kappa shape index (κ2) is 6.39. The zero-order chi connectivity index (χ0) is 16.6. The van der Waals surface area contributed by atoms with Crippen LogP contribution >= 0.6 is 0 Å². The topological polar surface area (TPSA) is 55.8 Å². The molecule has 0 unspecified atom stereocenters. The largest absolute Gasteiger partial charge is 0.350 e. The summed E-state index contributed by atoms with van der Waals surface area (Å²) in [6, 6.07) is 1.36. The molecule has 2 saturated heterocycles. The molecule has 0 bridgehead atoms. The molecular formula is C14H16F3NO4S. The fourth-order valence-corrected chi connectivity index (χ4v) is 4.41. The summed E-state index contributed by atoms with van der Waals surface area (Å²) in [6.07, 6.45) is 0.657. The van der Waals surface area contributed by atoms with Gasteiger partial charge in [0, 0.05) is 19.0 Å². The predicted octanol–water partition coefficient (Wildman–Crippen LogP) is 1.88. The highest BCUT2D eigenvalue weighted by Crippen LogP contribution is 2.30. The van der Waals surface area contributed by atoms with Gasteiger partial charge in [-0.1, -0.05) is 0 Å². The molecule has 5 nitrogen and oxygen atoms in total. The van der Waals surface area contributed by atoms with Crippen LogP contribution in [0.4, 0.5) is 13.2 Å². The highest BCUT2D eigenvalue weighted by atomic mass is 32.2. The van der Waals surface area contributed by atoms with Crippen molar-refractivity contribution >= 4 is 10.0 Å². The van der Waals surface area contributed by atoms with E-state index in [4.69, 9.17) is 9.47 Å². The number of ether oxygens (including phenoxy) is 2. The van der Waals surface area contributed by atoms with Crippen molar-refractivity contribution in [3.63, 3.8) is 0 Å². The monoisotopic (exact) mass is 351 g/mol. The lowest BCUT2D eigenvalue weighted by atomic mass is 9.98. The molecule has 3 rings (SSSR count). The average molecular weight is 351 g/mol. The Morgan fingerprint density at radius 3 is 2.22 bits per heavy atom. The molecule has 23 heavy (non-hydrogen) atoms. The molecule has 128 valence electrons. The Labute approximate surface area is 132 Å². The van der Waals surface area contributed by atoms with Gasteiger partial charge in [-0.2, -0.15) is 4.31 Å². The normalized spacial score (nSPS) is 21.9. The lowest BCUT2D eigenvalue weighted by molar-refractivity contribution is -0.0938. The van der Waals surface area contributed by atoms with Crippen LogP contribution in [0.1, 0.15) is 12.8 Å². The van der Waals surface area contributed by atoms with Crippen molar-refractivity contribution < 1.29 is 31.1 Å². The quantitative estimate of drug-likeness (QED) is 0.781. The SMILES string of the molecule is O=S(=O)(c1ccc(F)c(F)c1F)N1CCC(C2OCCO2)CC1. The van der Waals surface area contributed by atoms with E-state index in [1.165, 1.54) is 0 Å². The van der Waals surface area contributed by atoms with E-state index >= 15 is 0 Å². The molecule has 0 aromatic heterocycles. The van der Waals surface area contributed by atoms with Gasteiger partial charge in [0.2, 0.25) is 10.0 Å². The minimum atomic E-state index is -4.21. The van der Waals surface area contributed by atoms with Gasteiger partial charge in [-0.15, -0.1) is 0 Å². The lowest BCUT2D eigenvalue weighted by Gasteiger charge is -2.33. The predicted molar refractivity (Wildman–Crippen MR) is 73.5 cm³/mol. The molecule has 0 atom stereocenters. The molecule has 2 heterocycles. The van der Waals surface area contributed by atoms with Gasteiger partial charge >= 0.3 is 0 Å². The van der Waals surface area contributed by atoms with Crippen LogP contribution < -0.4 is 0 Å². The van der Waals surface area contributed by atoms with Gasteiger partial charge in [-0.3, -0.25) is 0 Å². The smallest absolute Gasteiger partial charge is 0.246 e. The Morgan fingerprint density at radius 1 is 1.00 bits per heavy atom. The zero-order valence-electron chi connectivity index (χ0n) is 12.2. The maximum Gasteiger partial charge on any atom is 0.246 e. The van der Waals surface area contributed by atoms with Crippen LogP contribution in [0.5, 0.6) is 0 Å². The summed E-state index contributed by atoms with van der Waals surface area (Å²) < 4.78 is 76.8. The molecule has 0 N–H and O–H groups in total. The third-order valence-corrected chi connectivity index (χ3v) is 6.06. The van der Waals surface area contributed by atoms with Gasteiger partial charge in [0.15, 0.2) is 23.7 Å². The van der Waals surface area contributed by atoms with Crippen molar-refractivity contribution in [2.45, 2.75) is 24.0 Å². The minimum absolute atomic E-state index is 0.0683. The van der Waals surface area contributed by atoms with E-state index in [0.29, 0.717) is 32.1 Å². The van der Waals surface area contributed by atoms with Gasteiger partial charge in [0.1, 0.15) is 4.90 Å². The Balaban J connectivity index is 1.75. The molecule has 1 aromatic carbocycles. The summed E-state index contributed by atoms with van der Waals surface area (Å²) in [5.41, 5.74) is 0. The number of piperidine rings is 1. The van der Waals surface area contributed by atoms with Gasteiger partial charge in [0.25, 0.3) is 0 Å². The van der Waals surface area contributed by atoms with Crippen molar-refractivity contribution in [1.29, 1.82) is 0 Å². The first-order valence-corrected chi connectivity index (χ1v) is 8.72. The number of sulfonamides is 1. The molecule has 2 aliphatic heterocycles. The van der Waals surface area contributed by atoms with E-state index in [1.54, 1.807) is 0 Å². The fourth-order valence-electron chi connectivity index (χ4n) is 2.88. The van der Waals surface area contributed by atoms with Crippen LogP contribution in [0, 0.1) is 23.4 Å². The molecule has 0 aliphatic carbocycles. The first-order chi connectivity index (χ1) is 10.9. The van der Waals surface area contributed by atoms with Crippen LogP contribution in [0.2, 0.25) is 0 Å². The first-order valence-electron chi connectivity index (χ1n) is 7.28. The maximum atomic E-state index is 13.8. The van der Waals surface area contributed by atoms with E-state index in [9.17, 15) is 21.6 Å². The third kappa shape index (κ3) is 3.10. The highest BCUT2D eigenvalue weighted by Gasteiger charge is 2.36. The van der Waals surface area contributed by atoms with Crippen LogP contribution in [0.3, 0.4) is 0 Å². The van der Waals surface area contributed by atoms with Crippen LogP contribution in [-0.2, 0) is 19.5 Å². The minimum Gasteiger partial charge on any atom is -0.350 e. The maximum absolute atomic E-state index is 13.8. The molecule has 2 fully saturated rings. The Kier molecular flexibility index (Phi) is 4.63. The van der Waals surface area contributed by atoms with Gasteiger partial charge in [-0.05, 0) is 25.0 Å². The van der Waals surface area contributed by atoms with E-state index < -0.39 is 32.4 Å². The number of hydrogen-bond acceptors (Lipinski definition) is 4. The summed E-state index contributed by atoms with van der Waals surface area (Å²) in [5, 5.41) is 0. The average Bonchev–Trinajstić information content (AvgIpc) is 3.07. The molecule has 0 saturated carbocycles. The Bertz CT molecular complexity index is 684. The van der Waals surface area contributed by atoms with Gasteiger partial charge < -0.3 is 9.47 Å². The van der Waals surface area contributed by atoms with Crippen molar-refractivity contribution in [3.05, 3.63) is 29.6 Å². The van der Waals surface area contributed by atoms with Crippen LogP contribution in [-0.4, -0.2) is 45.3 Å². The van der Waals surface area contributed by atoms with Crippen molar-refractivity contribution in [3.8, 4) is 0 Å². The molecule has 0 radical (unpaired) electrons. The molecule has 9 heteroatoms. The van der Waals surface area contributed by atoms with E-state index in [2.05, 4.69) is 0 Å². The van der Waals surface area contributed by atoms with Crippen molar-refractivity contribution in [2.75, 3.05) is 26.3 Å². The van der Waals surface area contributed by atoms with E-state index in [1.807, 2.05) is 0 Å². The number of hydrogen-bond donors (Lipinski definition) is 0. The molecule has 0 spiro atoms. The number of nitrogens with zero attached hydrogens (tertiary/aromatic N) is 1. The molecule has 0 amide bonds. The highest BCUT2D eigenvalue weighted by molar-refractivity contribution is 7.89. The first kappa shape index (κ1) is 16.7. The van der Waals surface area contributed by atoms with Gasteiger partial charge in [0.05, 0.1) is 13.2 Å². The van der Waals surface area contributed by atoms with Crippen LogP contribution in [0.15, 0.2) is 17.0 Å². The third-order valence-electron chi connectivity index (χ3n) is 4.15. The summed E-state index contributed by atoms with van der Waals surface area (Å²) in [6.45, 7) is 1.33. The second-order valence-electron chi connectivity index (χ2n) is 5.52. The number of rotatable bonds is 3. The summed E-state index contributed by atoms with van der Waals surface area (Å²) in [5.74, 6) is -4.82. The summed E-state index contributed by atoms with van der Waals surface area (Å²) in [7, 11) is -4.21. The summed E-state index contributed by atoms with van der Waals surface area (Å²) in [4.78, 5) is -0.844. The molecule has 1 aromatic rings. The fraction of sp³-hybridized carbons (Fsp3) is 0.571. The Morgan fingerprint density at radius 2 is 1.61 bits per heavy atom. The van der Waals surface area contributed by atoms with E-state index in [0.717, 1.165) is 10.4 Å². The van der Waals surface area contributed by atoms with Crippen LogP contribution in [0.25, 0.3) is 0 Å². The molecule has 2 aliphatic rings. The standard InChI is InChI=1S/C14H16F3NO4S/c15-10-1-2-11(13(17)12(10)16)23(19,20)18-5-3-9(4-6-18)14-21-7-8-22-14/h1-2,9,14H,3-8H2. The Hall–Kier alpha value is -1.16. The zero-order valence-corrected chi connectivity index (χ0v) is 13.0. The van der Waals surface area contributed by atoms with Crippen molar-refractivity contribution in [2.24, 2.45) is 5.92 Å². The van der Waals surface area contributed by atoms with E-state index in [-0.39, 0.29) is 25.3 Å². The number of halogens is 3. The number of benzene rings is 1.